The first-order valence-corrected chi connectivity index (χ1v) is 14.4. The summed E-state index contributed by atoms with van der Waals surface area (Å²) in [5.41, 5.74) is 3.31. The molecule has 1 aromatic carbocycles. The van der Waals surface area contributed by atoms with Crippen LogP contribution in [-0.4, -0.2) is 90.6 Å². The van der Waals surface area contributed by atoms with Gasteiger partial charge in [-0.2, -0.15) is 4.98 Å². The third-order valence-electron chi connectivity index (χ3n) is 7.73. The molecule has 0 radical (unpaired) electrons. The van der Waals surface area contributed by atoms with Crippen molar-refractivity contribution in [3.63, 3.8) is 0 Å². The minimum Gasteiger partial charge on any atom is -0.486 e. The Morgan fingerprint density at radius 1 is 1.16 bits per heavy atom. The Balaban J connectivity index is 1.14. The largest absolute Gasteiger partial charge is 0.486 e. The van der Waals surface area contributed by atoms with Crippen molar-refractivity contribution in [1.29, 1.82) is 0 Å². The number of rotatable bonds is 10. The van der Waals surface area contributed by atoms with E-state index in [9.17, 15) is 14.7 Å². The number of fused-ring (bicyclic) bond motifs is 1. The van der Waals surface area contributed by atoms with Gasteiger partial charge in [-0.15, -0.1) is 0 Å². The minimum absolute atomic E-state index is 0.0619. The van der Waals surface area contributed by atoms with Gasteiger partial charge in [0.2, 0.25) is 5.88 Å². The number of aliphatic hydroxyl groups is 1. The highest BCUT2D eigenvalue weighted by Crippen LogP contribution is 2.25. The van der Waals surface area contributed by atoms with Crippen molar-refractivity contribution in [2.75, 3.05) is 51.3 Å². The van der Waals surface area contributed by atoms with Crippen LogP contribution in [0.25, 0.3) is 0 Å². The molecule has 1 saturated heterocycles. The minimum atomic E-state index is -0.809. The Labute approximate surface area is 250 Å². The van der Waals surface area contributed by atoms with Crippen LogP contribution in [0.5, 0.6) is 11.6 Å². The Morgan fingerprint density at radius 3 is 2.70 bits per heavy atom. The summed E-state index contributed by atoms with van der Waals surface area (Å²) in [4.78, 5) is 37.2. The van der Waals surface area contributed by atoms with Crippen LogP contribution in [0.3, 0.4) is 0 Å². The van der Waals surface area contributed by atoms with E-state index >= 15 is 0 Å². The van der Waals surface area contributed by atoms with Crippen LogP contribution >= 0.6 is 0 Å². The highest BCUT2D eigenvalue weighted by Gasteiger charge is 2.27. The molecule has 13 heteroatoms. The summed E-state index contributed by atoms with van der Waals surface area (Å²) < 4.78 is 21.7. The smallest absolute Gasteiger partial charge is 0.409 e. The highest BCUT2D eigenvalue weighted by atomic mass is 16.5. The predicted molar refractivity (Wildman–Crippen MR) is 156 cm³/mol. The Hall–Kier alpha value is -4.36. The molecular formula is C30H38N6O7. The molecule has 230 valence electrons. The molecule has 0 saturated carbocycles. The molecule has 2 aliphatic rings. The fourth-order valence-electron chi connectivity index (χ4n) is 5.20. The predicted octanol–water partition coefficient (Wildman–Crippen LogP) is 2.05. The van der Waals surface area contributed by atoms with Gasteiger partial charge in [0.25, 0.3) is 5.91 Å². The summed E-state index contributed by atoms with van der Waals surface area (Å²) in [5, 5.41) is 17.1. The van der Waals surface area contributed by atoms with Gasteiger partial charge in [0.15, 0.2) is 12.2 Å². The molecule has 0 aliphatic carbocycles. The molecule has 0 spiro atoms. The lowest BCUT2D eigenvalue weighted by Gasteiger charge is -2.34. The monoisotopic (exact) mass is 594 g/mol. The number of pyridine rings is 1. The first kappa shape index (κ1) is 30.1. The number of benzene rings is 1. The van der Waals surface area contributed by atoms with E-state index in [1.807, 2.05) is 36.9 Å². The van der Waals surface area contributed by atoms with Gasteiger partial charge in [-0.25, -0.2) is 9.78 Å². The van der Waals surface area contributed by atoms with Gasteiger partial charge < -0.3 is 44.2 Å². The van der Waals surface area contributed by atoms with Gasteiger partial charge in [0.1, 0.15) is 23.7 Å². The Morgan fingerprint density at radius 2 is 1.98 bits per heavy atom. The molecule has 4 heterocycles. The number of aliphatic hydroxyl groups excluding tert-OH is 1. The summed E-state index contributed by atoms with van der Waals surface area (Å²) in [6, 6.07) is 9.13. The summed E-state index contributed by atoms with van der Waals surface area (Å²) >= 11 is 0. The number of aryl methyl sites for hydroxylation is 1. The second-order valence-corrected chi connectivity index (χ2v) is 10.4. The number of anilines is 1. The maximum absolute atomic E-state index is 13.1. The summed E-state index contributed by atoms with van der Waals surface area (Å²) in [6.07, 6.45) is 0.857. The van der Waals surface area contributed by atoms with Crippen LogP contribution in [0.1, 0.15) is 39.9 Å². The van der Waals surface area contributed by atoms with Crippen molar-refractivity contribution in [1.82, 2.24) is 25.5 Å². The van der Waals surface area contributed by atoms with Gasteiger partial charge >= 0.3 is 6.09 Å². The molecule has 2 amide bonds. The number of hydrogen-bond acceptors (Lipinski definition) is 11. The number of aromatic nitrogens is 2. The quantitative estimate of drug-likeness (QED) is 0.316. The molecule has 1 fully saturated rings. The fourth-order valence-corrected chi connectivity index (χ4v) is 5.20. The van der Waals surface area contributed by atoms with Gasteiger partial charge in [-0.05, 0) is 55.7 Å². The number of oxazole rings is 1. The van der Waals surface area contributed by atoms with Crippen LogP contribution in [0.15, 0.2) is 41.1 Å². The lowest BCUT2D eigenvalue weighted by Crippen LogP contribution is -2.49. The van der Waals surface area contributed by atoms with Crippen LogP contribution < -0.4 is 25.0 Å². The molecule has 43 heavy (non-hydrogen) atoms. The van der Waals surface area contributed by atoms with Gasteiger partial charge in [0.05, 0.1) is 25.5 Å². The van der Waals surface area contributed by atoms with Crippen LogP contribution in [-0.2, 0) is 24.3 Å². The maximum Gasteiger partial charge on any atom is 0.409 e. The third-order valence-corrected chi connectivity index (χ3v) is 7.73. The standard InChI is InChI=1S/C30H38N6O7/c1-4-41-29-23(7-8-27(34-29)35-9-11-36(12-10-35)30(39)40-3)28(38)32-16-25(37)24-14-20-5-6-22(13-21(20)15-31-24)42-17-26-19(2)33-18-43-26/h5-8,13,18,24-25,31,37H,4,9-12,14-17H2,1-3H3,(H,32,38)/t24-,25+/m0/s1. The second-order valence-electron chi connectivity index (χ2n) is 10.4. The maximum atomic E-state index is 13.1. The average molecular weight is 595 g/mol. The summed E-state index contributed by atoms with van der Waals surface area (Å²) in [6.45, 7) is 7.16. The average Bonchev–Trinajstić information content (AvgIpc) is 3.46. The first-order valence-electron chi connectivity index (χ1n) is 14.4. The lowest BCUT2D eigenvalue weighted by molar-refractivity contribution is 0.0865. The van der Waals surface area contributed by atoms with E-state index < -0.39 is 6.10 Å². The summed E-state index contributed by atoms with van der Waals surface area (Å²) in [7, 11) is 1.37. The lowest BCUT2D eigenvalue weighted by atomic mass is 9.92. The van der Waals surface area contributed by atoms with E-state index in [1.54, 1.807) is 17.0 Å². The number of ether oxygens (including phenoxy) is 3. The van der Waals surface area contributed by atoms with Crippen LogP contribution in [0.4, 0.5) is 10.6 Å². The van der Waals surface area contributed by atoms with E-state index in [4.69, 9.17) is 18.6 Å². The van der Waals surface area contributed by atoms with E-state index in [2.05, 4.69) is 20.6 Å². The van der Waals surface area contributed by atoms with Crippen molar-refractivity contribution in [3.8, 4) is 11.6 Å². The number of piperazine rings is 1. The van der Waals surface area contributed by atoms with Gasteiger partial charge in [-0.1, -0.05) is 6.07 Å². The van der Waals surface area contributed by atoms with Crippen LogP contribution in [0.2, 0.25) is 0 Å². The number of nitrogens with one attached hydrogen (secondary N) is 2. The number of nitrogens with zero attached hydrogens (tertiary/aromatic N) is 4. The highest BCUT2D eigenvalue weighted by molar-refractivity contribution is 5.96. The Kier molecular flexibility index (Phi) is 9.62. The van der Waals surface area contributed by atoms with Crippen molar-refractivity contribution in [3.05, 3.63) is 64.9 Å². The number of methoxy groups -OCH3 is 1. The van der Waals surface area contributed by atoms with Crippen molar-refractivity contribution < 1.29 is 33.3 Å². The van der Waals surface area contributed by atoms with Gasteiger partial charge in [-0.3, -0.25) is 4.79 Å². The van der Waals surface area contributed by atoms with Gasteiger partial charge in [0, 0.05) is 45.3 Å². The summed E-state index contributed by atoms with van der Waals surface area (Å²) in [5.74, 6) is 1.93. The number of carbonyl (C=O) groups is 2. The van der Waals surface area contributed by atoms with E-state index in [0.717, 1.165) is 22.6 Å². The molecule has 2 aromatic heterocycles. The number of carbonyl (C=O) groups excluding carboxylic acids is 2. The zero-order valence-electron chi connectivity index (χ0n) is 24.7. The van der Waals surface area contributed by atoms with Crippen LogP contribution in [0, 0.1) is 6.92 Å². The number of hydrogen-bond donors (Lipinski definition) is 3. The third kappa shape index (κ3) is 7.17. The van der Waals surface area contributed by atoms with E-state index in [0.29, 0.717) is 69.5 Å². The molecule has 2 atom stereocenters. The second kappa shape index (κ2) is 13.7. The Bertz CT molecular complexity index is 1420. The molecule has 3 aromatic rings. The molecular weight excluding hydrogens is 556 g/mol. The van der Waals surface area contributed by atoms with E-state index in [1.165, 1.54) is 13.5 Å². The fraction of sp³-hybridized carbons (Fsp3) is 0.467. The van der Waals surface area contributed by atoms with Crippen molar-refractivity contribution in [2.45, 2.75) is 45.6 Å². The molecule has 0 bridgehead atoms. The van der Waals surface area contributed by atoms with Crippen molar-refractivity contribution >= 4 is 17.8 Å². The molecule has 3 N–H and O–H groups in total. The van der Waals surface area contributed by atoms with E-state index in [-0.39, 0.29) is 30.5 Å². The normalized spacial score (nSPS) is 17.2. The van der Waals surface area contributed by atoms with Crippen molar-refractivity contribution in [2.24, 2.45) is 0 Å². The molecule has 13 nitrogen and oxygen atoms in total. The SMILES string of the molecule is CCOc1nc(N2CCN(C(=O)OC)CC2)ccc1C(=O)NC[C@@H](O)[C@@H]1Cc2ccc(OCc3ocnc3C)cc2CN1. The molecule has 5 rings (SSSR count). The zero-order valence-corrected chi connectivity index (χ0v) is 24.7. The molecule has 2 aliphatic heterocycles. The zero-order chi connectivity index (χ0) is 30.3. The number of amides is 2. The first-order chi connectivity index (χ1) is 20.9. The molecule has 0 unspecified atom stereocenters. The topological polar surface area (TPSA) is 152 Å².